The minimum absolute atomic E-state index is 0.0558. The fourth-order valence-electron chi connectivity index (χ4n) is 3.00. The first-order valence-electron chi connectivity index (χ1n) is 8.39. The molecule has 1 amide bonds. The Hall–Kier alpha value is -2.08. The van der Waals surface area contributed by atoms with Crippen molar-refractivity contribution in [2.75, 3.05) is 33.3 Å². The van der Waals surface area contributed by atoms with Crippen LogP contribution in [0.15, 0.2) is 24.3 Å². The molecule has 1 saturated heterocycles. The number of carboxylic acids is 1. The zero-order valence-electron chi connectivity index (χ0n) is 14.4. The van der Waals surface area contributed by atoms with E-state index in [-0.39, 0.29) is 12.3 Å². The predicted molar refractivity (Wildman–Crippen MR) is 91.0 cm³/mol. The average molecular weight is 334 g/mol. The number of piperazine rings is 1. The monoisotopic (exact) mass is 334 g/mol. The predicted octanol–water partition coefficient (Wildman–Crippen LogP) is 2.16. The molecular formula is C18H26N2O4. The van der Waals surface area contributed by atoms with E-state index in [1.165, 1.54) is 5.56 Å². The van der Waals surface area contributed by atoms with E-state index in [0.717, 1.165) is 18.8 Å². The summed E-state index contributed by atoms with van der Waals surface area (Å²) in [6.45, 7) is 5.24. The summed E-state index contributed by atoms with van der Waals surface area (Å²) < 4.78 is 5.19. The van der Waals surface area contributed by atoms with Gasteiger partial charge in [0, 0.05) is 45.1 Å². The molecule has 2 rings (SSSR count). The highest BCUT2D eigenvalue weighted by Crippen LogP contribution is 2.24. The van der Waals surface area contributed by atoms with Gasteiger partial charge < -0.3 is 14.7 Å². The summed E-state index contributed by atoms with van der Waals surface area (Å²) >= 11 is 0. The number of amides is 1. The summed E-state index contributed by atoms with van der Waals surface area (Å²) in [6.07, 6.45) is 0.789. The first-order chi connectivity index (χ1) is 11.5. The van der Waals surface area contributed by atoms with Crippen LogP contribution in [0.3, 0.4) is 0 Å². The van der Waals surface area contributed by atoms with Gasteiger partial charge in [0.2, 0.25) is 5.91 Å². The lowest BCUT2D eigenvalue weighted by atomic mass is 10.1. The van der Waals surface area contributed by atoms with Crippen molar-refractivity contribution >= 4 is 11.9 Å². The second kappa shape index (κ2) is 8.68. The van der Waals surface area contributed by atoms with E-state index in [0.29, 0.717) is 32.0 Å². The Kier molecular flexibility index (Phi) is 6.61. The molecule has 0 spiro atoms. The lowest BCUT2D eigenvalue weighted by molar-refractivity contribution is -0.137. The Balaban J connectivity index is 1.80. The van der Waals surface area contributed by atoms with Crippen molar-refractivity contribution in [3.8, 4) is 5.75 Å². The first kappa shape index (κ1) is 18.3. The van der Waals surface area contributed by atoms with E-state index in [2.05, 4.69) is 24.0 Å². The third-order valence-electron chi connectivity index (χ3n) is 4.59. The summed E-state index contributed by atoms with van der Waals surface area (Å²) in [5.41, 5.74) is 1.23. The number of methoxy groups -OCH3 is 1. The van der Waals surface area contributed by atoms with Crippen LogP contribution in [-0.2, 0) is 9.59 Å². The molecule has 0 bridgehead atoms. The zero-order valence-corrected chi connectivity index (χ0v) is 14.4. The summed E-state index contributed by atoms with van der Waals surface area (Å²) in [6, 6.07) is 8.38. The fourth-order valence-corrected chi connectivity index (χ4v) is 3.00. The van der Waals surface area contributed by atoms with Crippen LogP contribution in [0.4, 0.5) is 0 Å². The molecule has 1 aromatic rings. The SMILES string of the molecule is COc1ccc(C(C)N2CCN(C(=O)CCCC(=O)O)CC2)cc1. The molecule has 1 aliphatic rings. The quantitative estimate of drug-likeness (QED) is 0.827. The summed E-state index contributed by atoms with van der Waals surface area (Å²) in [5.74, 6) is 0.0664. The van der Waals surface area contributed by atoms with Crippen molar-refractivity contribution in [2.45, 2.75) is 32.2 Å². The molecule has 1 unspecified atom stereocenters. The fraction of sp³-hybridized carbons (Fsp3) is 0.556. The maximum absolute atomic E-state index is 12.1. The van der Waals surface area contributed by atoms with Crippen LogP contribution in [-0.4, -0.2) is 60.1 Å². The van der Waals surface area contributed by atoms with Crippen LogP contribution in [0.25, 0.3) is 0 Å². The van der Waals surface area contributed by atoms with E-state index in [4.69, 9.17) is 9.84 Å². The molecule has 0 aliphatic carbocycles. The van der Waals surface area contributed by atoms with Gasteiger partial charge in [-0.05, 0) is 31.0 Å². The molecule has 132 valence electrons. The molecule has 1 aliphatic heterocycles. The van der Waals surface area contributed by atoms with Gasteiger partial charge in [-0.3, -0.25) is 14.5 Å². The molecule has 0 saturated carbocycles. The van der Waals surface area contributed by atoms with Crippen LogP contribution < -0.4 is 4.74 Å². The normalized spacial score (nSPS) is 16.7. The lowest BCUT2D eigenvalue weighted by Crippen LogP contribution is -2.49. The van der Waals surface area contributed by atoms with Crippen molar-refractivity contribution in [1.29, 1.82) is 0 Å². The smallest absolute Gasteiger partial charge is 0.303 e. The van der Waals surface area contributed by atoms with E-state index < -0.39 is 5.97 Å². The Labute approximate surface area is 143 Å². The van der Waals surface area contributed by atoms with Gasteiger partial charge >= 0.3 is 5.97 Å². The standard InChI is InChI=1S/C18H26N2O4/c1-14(15-6-8-16(24-2)9-7-15)19-10-12-20(13-11-19)17(21)4-3-5-18(22)23/h6-9,14H,3-5,10-13H2,1-2H3,(H,22,23). The van der Waals surface area contributed by atoms with Gasteiger partial charge in [0.25, 0.3) is 0 Å². The van der Waals surface area contributed by atoms with Crippen molar-refractivity contribution in [3.63, 3.8) is 0 Å². The zero-order chi connectivity index (χ0) is 17.5. The first-order valence-corrected chi connectivity index (χ1v) is 8.39. The van der Waals surface area contributed by atoms with Gasteiger partial charge in [-0.15, -0.1) is 0 Å². The number of nitrogens with zero attached hydrogens (tertiary/aromatic N) is 2. The molecule has 6 nitrogen and oxygen atoms in total. The van der Waals surface area contributed by atoms with Gasteiger partial charge in [0.05, 0.1) is 7.11 Å². The molecule has 1 heterocycles. The number of rotatable bonds is 7. The molecule has 0 radical (unpaired) electrons. The third kappa shape index (κ3) is 4.96. The summed E-state index contributed by atoms with van der Waals surface area (Å²) in [7, 11) is 1.66. The van der Waals surface area contributed by atoms with E-state index in [1.54, 1.807) is 7.11 Å². The Morgan fingerprint density at radius 1 is 1.12 bits per heavy atom. The Morgan fingerprint density at radius 3 is 2.29 bits per heavy atom. The highest BCUT2D eigenvalue weighted by atomic mass is 16.5. The number of carbonyl (C=O) groups is 2. The number of hydrogen-bond acceptors (Lipinski definition) is 4. The molecule has 1 aromatic carbocycles. The maximum atomic E-state index is 12.1. The second-order valence-electron chi connectivity index (χ2n) is 6.11. The van der Waals surface area contributed by atoms with E-state index in [1.807, 2.05) is 17.0 Å². The number of benzene rings is 1. The van der Waals surface area contributed by atoms with Crippen LogP contribution in [0.1, 0.15) is 37.8 Å². The van der Waals surface area contributed by atoms with Crippen LogP contribution in [0, 0.1) is 0 Å². The molecule has 1 atom stereocenters. The van der Waals surface area contributed by atoms with Crippen molar-refractivity contribution in [1.82, 2.24) is 9.80 Å². The Bertz CT molecular complexity index is 551. The number of carbonyl (C=O) groups excluding carboxylic acids is 1. The van der Waals surface area contributed by atoms with Crippen LogP contribution in [0.5, 0.6) is 5.75 Å². The van der Waals surface area contributed by atoms with Gasteiger partial charge in [-0.1, -0.05) is 12.1 Å². The minimum Gasteiger partial charge on any atom is -0.497 e. The molecule has 1 fully saturated rings. The molecule has 24 heavy (non-hydrogen) atoms. The highest BCUT2D eigenvalue weighted by molar-refractivity contribution is 5.77. The second-order valence-corrected chi connectivity index (χ2v) is 6.11. The number of ether oxygens (including phenoxy) is 1. The van der Waals surface area contributed by atoms with Crippen molar-refractivity contribution in [2.24, 2.45) is 0 Å². The Morgan fingerprint density at radius 2 is 1.75 bits per heavy atom. The van der Waals surface area contributed by atoms with Gasteiger partial charge in [0.1, 0.15) is 5.75 Å². The average Bonchev–Trinajstić information content (AvgIpc) is 2.61. The summed E-state index contributed by atoms with van der Waals surface area (Å²) in [4.78, 5) is 26.8. The molecule has 0 aromatic heterocycles. The molecular weight excluding hydrogens is 308 g/mol. The topological polar surface area (TPSA) is 70.1 Å². The minimum atomic E-state index is -0.846. The number of hydrogen-bond donors (Lipinski definition) is 1. The van der Waals surface area contributed by atoms with E-state index in [9.17, 15) is 9.59 Å². The van der Waals surface area contributed by atoms with Crippen LogP contribution >= 0.6 is 0 Å². The largest absolute Gasteiger partial charge is 0.497 e. The number of carboxylic acid groups (broad SMARTS) is 1. The van der Waals surface area contributed by atoms with Crippen molar-refractivity contribution in [3.05, 3.63) is 29.8 Å². The van der Waals surface area contributed by atoms with Crippen molar-refractivity contribution < 1.29 is 19.4 Å². The van der Waals surface area contributed by atoms with E-state index >= 15 is 0 Å². The lowest BCUT2D eigenvalue weighted by Gasteiger charge is -2.38. The molecule has 6 heteroatoms. The van der Waals surface area contributed by atoms with Gasteiger partial charge in [0.15, 0.2) is 0 Å². The molecule has 1 N–H and O–H groups in total. The highest BCUT2D eigenvalue weighted by Gasteiger charge is 2.24. The van der Waals surface area contributed by atoms with Gasteiger partial charge in [-0.25, -0.2) is 0 Å². The summed E-state index contributed by atoms with van der Waals surface area (Å²) in [5, 5.41) is 8.63. The van der Waals surface area contributed by atoms with Gasteiger partial charge in [-0.2, -0.15) is 0 Å². The third-order valence-corrected chi connectivity index (χ3v) is 4.59. The maximum Gasteiger partial charge on any atom is 0.303 e. The number of aliphatic carboxylic acids is 1. The van der Waals surface area contributed by atoms with Crippen LogP contribution in [0.2, 0.25) is 0 Å².